The van der Waals surface area contributed by atoms with Gasteiger partial charge in [0.15, 0.2) is 0 Å². The molecule has 2 aromatic heterocycles. The van der Waals surface area contributed by atoms with Gasteiger partial charge in [0.2, 0.25) is 0 Å². The van der Waals surface area contributed by atoms with Gasteiger partial charge in [-0.25, -0.2) is 4.98 Å². The average Bonchev–Trinajstić information content (AvgIpc) is 3.09. The van der Waals surface area contributed by atoms with Gasteiger partial charge < -0.3 is 10.1 Å². The van der Waals surface area contributed by atoms with Gasteiger partial charge in [-0.1, -0.05) is 18.2 Å². The zero-order valence-electron chi connectivity index (χ0n) is 15.0. The van der Waals surface area contributed by atoms with Crippen molar-refractivity contribution in [1.82, 2.24) is 9.88 Å². The van der Waals surface area contributed by atoms with Crippen LogP contribution in [0.1, 0.15) is 25.7 Å². The Morgan fingerprint density at radius 3 is 2.69 bits per heavy atom. The van der Waals surface area contributed by atoms with Gasteiger partial charge in [-0.2, -0.15) is 0 Å². The van der Waals surface area contributed by atoms with Gasteiger partial charge in [-0.15, -0.1) is 11.3 Å². The van der Waals surface area contributed by atoms with Crippen molar-refractivity contribution in [3.8, 4) is 0 Å². The van der Waals surface area contributed by atoms with E-state index in [0.29, 0.717) is 6.04 Å². The summed E-state index contributed by atoms with van der Waals surface area (Å²) in [5.41, 5.74) is 1.25. The predicted molar refractivity (Wildman–Crippen MR) is 109 cm³/mol. The minimum atomic E-state index is 0.566. The van der Waals surface area contributed by atoms with E-state index in [1.165, 1.54) is 46.8 Å². The molecule has 2 fully saturated rings. The zero-order chi connectivity index (χ0) is 17.3. The van der Waals surface area contributed by atoms with Crippen LogP contribution in [0.25, 0.3) is 20.3 Å². The normalized spacial score (nSPS) is 24.9. The molecule has 2 aliphatic rings. The van der Waals surface area contributed by atoms with E-state index in [9.17, 15) is 0 Å². The lowest BCUT2D eigenvalue weighted by Gasteiger charge is -2.39. The third-order valence-electron chi connectivity index (χ3n) is 5.90. The summed E-state index contributed by atoms with van der Waals surface area (Å²) in [7, 11) is 0. The number of rotatable bonds is 3. The van der Waals surface area contributed by atoms with Gasteiger partial charge in [0.05, 0.1) is 13.2 Å². The molecule has 1 aliphatic carbocycles. The standard InChI is InChI=1S/C21H25N3OS/c1-2-4-19-17(3-1)20-18(9-10-22-21(20)26-19)23-15-5-7-16(8-6-15)24-11-13-25-14-12-24/h1-4,9-10,15-16H,5-8,11-14H2,(H,22,23). The molecule has 26 heavy (non-hydrogen) atoms. The second-order valence-corrected chi connectivity index (χ2v) is 8.47. The molecule has 1 saturated carbocycles. The third-order valence-corrected chi connectivity index (χ3v) is 6.98. The Kier molecular flexibility index (Phi) is 4.53. The second kappa shape index (κ2) is 7.14. The van der Waals surface area contributed by atoms with Crippen LogP contribution in [0.2, 0.25) is 0 Å². The van der Waals surface area contributed by atoms with Crippen molar-refractivity contribution in [2.45, 2.75) is 37.8 Å². The van der Waals surface area contributed by atoms with Crippen LogP contribution >= 0.6 is 11.3 Å². The van der Waals surface area contributed by atoms with Gasteiger partial charge in [-0.3, -0.25) is 4.90 Å². The summed E-state index contributed by atoms with van der Waals surface area (Å²) in [5, 5.41) is 6.47. The third kappa shape index (κ3) is 3.08. The molecule has 0 unspecified atom stereocenters. The molecule has 0 bridgehead atoms. The molecule has 3 aromatic rings. The molecule has 0 atom stereocenters. The van der Waals surface area contributed by atoms with Crippen molar-refractivity contribution in [3.63, 3.8) is 0 Å². The lowest BCUT2D eigenvalue weighted by molar-refractivity contribution is 0.00791. The van der Waals surface area contributed by atoms with Gasteiger partial charge in [0.1, 0.15) is 4.83 Å². The highest BCUT2D eigenvalue weighted by Gasteiger charge is 2.27. The van der Waals surface area contributed by atoms with Crippen LogP contribution < -0.4 is 5.32 Å². The van der Waals surface area contributed by atoms with Crippen LogP contribution in [0.3, 0.4) is 0 Å². The van der Waals surface area contributed by atoms with Crippen molar-refractivity contribution in [2.75, 3.05) is 31.6 Å². The largest absolute Gasteiger partial charge is 0.382 e. The summed E-state index contributed by atoms with van der Waals surface area (Å²) in [6.45, 7) is 4.01. The Labute approximate surface area is 158 Å². The van der Waals surface area contributed by atoms with E-state index in [1.54, 1.807) is 11.3 Å². The number of pyridine rings is 1. The molecule has 1 aliphatic heterocycles. The Morgan fingerprint density at radius 1 is 1.04 bits per heavy atom. The number of fused-ring (bicyclic) bond motifs is 3. The lowest BCUT2D eigenvalue weighted by Crippen LogP contribution is -2.46. The van der Waals surface area contributed by atoms with Gasteiger partial charge in [0, 0.05) is 52.5 Å². The Morgan fingerprint density at radius 2 is 1.85 bits per heavy atom. The quantitative estimate of drug-likeness (QED) is 0.739. The van der Waals surface area contributed by atoms with E-state index in [-0.39, 0.29) is 0 Å². The summed E-state index contributed by atoms with van der Waals surface area (Å²) < 4.78 is 6.82. The number of anilines is 1. The highest BCUT2D eigenvalue weighted by atomic mass is 32.1. The Bertz CT molecular complexity index is 895. The first kappa shape index (κ1) is 16.5. The summed E-state index contributed by atoms with van der Waals surface area (Å²) in [4.78, 5) is 8.38. The predicted octanol–water partition coefficient (Wildman–Crippen LogP) is 4.50. The number of nitrogens with zero attached hydrogens (tertiary/aromatic N) is 2. The topological polar surface area (TPSA) is 37.4 Å². The summed E-state index contributed by atoms with van der Waals surface area (Å²) >= 11 is 1.79. The molecule has 0 radical (unpaired) electrons. The first-order valence-corrected chi connectivity index (χ1v) is 10.5. The molecule has 5 rings (SSSR count). The maximum absolute atomic E-state index is 5.50. The van der Waals surface area contributed by atoms with Crippen LogP contribution in [0, 0.1) is 0 Å². The maximum atomic E-state index is 5.50. The Balaban J connectivity index is 1.33. The lowest BCUT2D eigenvalue weighted by atomic mass is 9.89. The fourth-order valence-electron chi connectivity index (χ4n) is 4.51. The number of ether oxygens (including phenoxy) is 1. The minimum absolute atomic E-state index is 0.566. The van der Waals surface area contributed by atoms with E-state index in [0.717, 1.165) is 37.2 Å². The second-order valence-electron chi connectivity index (χ2n) is 7.44. The van der Waals surface area contributed by atoms with E-state index < -0.39 is 0 Å². The van der Waals surface area contributed by atoms with Gasteiger partial charge in [-0.05, 0) is 37.8 Å². The first-order chi connectivity index (χ1) is 12.9. The molecule has 4 nitrogen and oxygen atoms in total. The number of morpholine rings is 1. The number of aromatic nitrogens is 1. The number of nitrogens with one attached hydrogen (secondary N) is 1. The number of hydrogen-bond acceptors (Lipinski definition) is 5. The highest BCUT2D eigenvalue weighted by molar-refractivity contribution is 7.25. The first-order valence-electron chi connectivity index (χ1n) is 9.73. The van der Waals surface area contributed by atoms with E-state index in [4.69, 9.17) is 4.74 Å². The van der Waals surface area contributed by atoms with Gasteiger partial charge >= 0.3 is 0 Å². The molecule has 5 heteroatoms. The smallest absolute Gasteiger partial charge is 0.126 e. The summed E-state index contributed by atoms with van der Waals surface area (Å²) in [6, 6.07) is 12.1. The molecule has 1 aromatic carbocycles. The van der Waals surface area contributed by atoms with Crippen molar-refractivity contribution in [3.05, 3.63) is 36.5 Å². The molecular weight excluding hydrogens is 342 g/mol. The Hall–Kier alpha value is -1.69. The van der Waals surface area contributed by atoms with Crippen molar-refractivity contribution in [1.29, 1.82) is 0 Å². The van der Waals surface area contributed by atoms with Crippen LogP contribution in [-0.2, 0) is 4.74 Å². The molecule has 1 saturated heterocycles. The molecule has 3 heterocycles. The summed E-state index contributed by atoms with van der Waals surface area (Å²) in [5.74, 6) is 0. The maximum Gasteiger partial charge on any atom is 0.126 e. The van der Waals surface area contributed by atoms with E-state index in [2.05, 4.69) is 45.5 Å². The van der Waals surface area contributed by atoms with Crippen molar-refractivity contribution < 1.29 is 4.74 Å². The van der Waals surface area contributed by atoms with Gasteiger partial charge in [0.25, 0.3) is 0 Å². The van der Waals surface area contributed by atoms with Crippen LogP contribution in [0.5, 0.6) is 0 Å². The molecule has 1 N–H and O–H groups in total. The van der Waals surface area contributed by atoms with Crippen LogP contribution in [0.4, 0.5) is 5.69 Å². The number of hydrogen-bond donors (Lipinski definition) is 1. The van der Waals surface area contributed by atoms with Crippen LogP contribution in [0.15, 0.2) is 36.5 Å². The highest BCUT2D eigenvalue weighted by Crippen LogP contribution is 2.37. The zero-order valence-corrected chi connectivity index (χ0v) is 15.8. The fraction of sp³-hybridized carbons (Fsp3) is 0.476. The SMILES string of the molecule is c1ccc2c(c1)sc1nccc(NC3CCC(N4CCOCC4)CC3)c12. The van der Waals surface area contributed by atoms with Crippen LogP contribution in [-0.4, -0.2) is 48.3 Å². The average molecular weight is 368 g/mol. The van der Waals surface area contributed by atoms with Crippen molar-refractivity contribution in [2.24, 2.45) is 0 Å². The van der Waals surface area contributed by atoms with E-state index >= 15 is 0 Å². The number of benzene rings is 1. The molecule has 0 amide bonds. The molecule has 136 valence electrons. The number of thiophene rings is 1. The fourth-order valence-corrected chi connectivity index (χ4v) is 5.59. The monoisotopic (exact) mass is 367 g/mol. The molecular formula is C21H25N3OS. The molecule has 0 spiro atoms. The van der Waals surface area contributed by atoms with E-state index in [1.807, 2.05) is 6.20 Å². The minimum Gasteiger partial charge on any atom is -0.382 e. The summed E-state index contributed by atoms with van der Waals surface area (Å²) in [6.07, 6.45) is 7.01. The van der Waals surface area contributed by atoms with Crippen molar-refractivity contribution >= 4 is 37.3 Å².